The van der Waals surface area contributed by atoms with Crippen molar-refractivity contribution in [3.63, 3.8) is 0 Å². The maximum atomic E-state index is 14.4. The number of hydrogen-bond donors (Lipinski definition) is 1. The first-order chi connectivity index (χ1) is 13.0. The molecule has 138 valence electrons. The third kappa shape index (κ3) is 2.93. The van der Waals surface area contributed by atoms with Gasteiger partial charge in [0.05, 0.1) is 30.3 Å². The Bertz CT molecular complexity index is 1180. The standard InChI is InChI=1S/C19H15FIN3O3/c1-3-26-19(25)16-17-15(10(2)8-27-17)14-7-22-9-24(14)18(16)23-13-5-4-11(21)6-12(13)20/h4-9,23H,3H2,1-2H3. The lowest BCUT2D eigenvalue weighted by Gasteiger charge is -2.15. The number of furan rings is 1. The average Bonchev–Trinajstić information content (AvgIpc) is 3.24. The maximum Gasteiger partial charge on any atom is 0.345 e. The maximum absolute atomic E-state index is 14.4. The Kier molecular flexibility index (Phi) is 4.50. The van der Waals surface area contributed by atoms with Crippen molar-refractivity contribution in [1.29, 1.82) is 0 Å². The van der Waals surface area contributed by atoms with E-state index < -0.39 is 11.8 Å². The van der Waals surface area contributed by atoms with E-state index in [1.54, 1.807) is 42.2 Å². The number of halogens is 2. The zero-order valence-corrected chi connectivity index (χ0v) is 16.7. The van der Waals surface area contributed by atoms with E-state index in [9.17, 15) is 9.18 Å². The second kappa shape index (κ2) is 6.84. The smallest absolute Gasteiger partial charge is 0.345 e. The molecule has 1 N–H and O–H groups in total. The largest absolute Gasteiger partial charge is 0.463 e. The number of benzene rings is 1. The number of imidazole rings is 1. The van der Waals surface area contributed by atoms with Crippen molar-refractivity contribution in [1.82, 2.24) is 9.38 Å². The molecule has 0 unspecified atom stereocenters. The molecule has 1 aromatic carbocycles. The number of anilines is 2. The van der Waals surface area contributed by atoms with Gasteiger partial charge in [-0.25, -0.2) is 14.2 Å². The number of pyridine rings is 1. The Morgan fingerprint density at radius 2 is 2.26 bits per heavy atom. The molecule has 6 nitrogen and oxygen atoms in total. The zero-order valence-electron chi connectivity index (χ0n) is 14.5. The highest BCUT2D eigenvalue weighted by atomic mass is 127. The summed E-state index contributed by atoms with van der Waals surface area (Å²) in [6.07, 6.45) is 4.82. The fourth-order valence-electron chi connectivity index (χ4n) is 3.07. The van der Waals surface area contributed by atoms with Crippen LogP contribution < -0.4 is 5.32 Å². The van der Waals surface area contributed by atoms with Crippen molar-refractivity contribution in [2.75, 3.05) is 11.9 Å². The van der Waals surface area contributed by atoms with Crippen LogP contribution in [0.4, 0.5) is 15.9 Å². The molecule has 0 radical (unpaired) electrons. The number of nitrogens with zero attached hydrogens (tertiary/aromatic N) is 2. The van der Waals surface area contributed by atoms with Gasteiger partial charge in [0, 0.05) is 8.96 Å². The van der Waals surface area contributed by atoms with Crippen LogP contribution in [0.25, 0.3) is 16.5 Å². The van der Waals surface area contributed by atoms with Crippen LogP contribution in [0.15, 0.2) is 41.4 Å². The number of ether oxygens (including phenoxy) is 1. The Balaban J connectivity index is 2.03. The van der Waals surface area contributed by atoms with Gasteiger partial charge in [-0.3, -0.25) is 4.40 Å². The highest BCUT2D eigenvalue weighted by Gasteiger charge is 2.26. The number of aryl methyl sites for hydroxylation is 1. The van der Waals surface area contributed by atoms with E-state index in [4.69, 9.17) is 9.15 Å². The normalized spacial score (nSPS) is 11.3. The van der Waals surface area contributed by atoms with Gasteiger partial charge in [0.2, 0.25) is 0 Å². The molecule has 0 saturated heterocycles. The second-order valence-electron chi connectivity index (χ2n) is 5.96. The summed E-state index contributed by atoms with van der Waals surface area (Å²) in [5.74, 6) is -0.649. The summed E-state index contributed by atoms with van der Waals surface area (Å²) in [4.78, 5) is 16.9. The second-order valence-corrected chi connectivity index (χ2v) is 7.21. The fourth-order valence-corrected chi connectivity index (χ4v) is 3.52. The number of fused-ring (bicyclic) bond motifs is 3. The monoisotopic (exact) mass is 479 g/mol. The van der Waals surface area contributed by atoms with Gasteiger partial charge in [0.25, 0.3) is 0 Å². The summed E-state index contributed by atoms with van der Waals surface area (Å²) in [6.45, 7) is 3.82. The Morgan fingerprint density at radius 1 is 1.44 bits per heavy atom. The van der Waals surface area contributed by atoms with Gasteiger partial charge in [0.1, 0.15) is 23.5 Å². The Labute approximate surface area is 167 Å². The molecule has 3 aromatic heterocycles. The van der Waals surface area contributed by atoms with Gasteiger partial charge in [-0.1, -0.05) is 0 Å². The molecule has 3 heterocycles. The molecule has 27 heavy (non-hydrogen) atoms. The average molecular weight is 479 g/mol. The van der Waals surface area contributed by atoms with Crippen LogP contribution in [0.3, 0.4) is 0 Å². The molecule has 0 amide bonds. The van der Waals surface area contributed by atoms with Gasteiger partial charge in [-0.2, -0.15) is 0 Å². The van der Waals surface area contributed by atoms with Crippen molar-refractivity contribution in [2.45, 2.75) is 13.8 Å². The molecule has 0 spiro atoms. The first-order valence-corrected chi connectivity index (χ1v) is 9.34. The number of carbonyl (C=O) groups is 1. The summed E-state index contributed by atoms with van der Waals surface area (Å²) in [7, 11) is 0. The molecule has 0 aliphatic heterocycles. The van der Waals surface area contributed by atoms with Crippen molar-refractivity contribution >= 4 is 56.6 Å². The molecule has 0 saturated carbocycles. The van der Waals surface area contributed by atoms with E-state index in [-0.39, 0.29) is 17.9 Å². The number of nitrogens with one attached hydrogen (secondary N) is 1. The number of carbonyl (C=O) groups excluding carboxylic acids is 1. The van der Waals surface area contributed by atoms with Crippen molar-refractivity contribution in [3.05, 3.63) is 57.5 Å². The van der Waals surface area contributed by atoms with Gasteiger partial charge >= 0.3 is 5.97 Å². The fraction of sp³-hybridized carbons (Fsp3) is 0.158. The summed E-state index contributed by atoms with van der Waals surface area (Å²) in [5, 5.41) is 3.79. The van der Waals surface area contributed by atoms with E-state index in [0.29, 0.717) is 11.4 Å². The van der Waals surface area contributed by atoms with Crippen LogP contribution >= 0.6 is 22.6 Å². The Morgan fingerprint density at radius 3 is 3.00 bits per heavy atom. The molecular formula is C19H15FIN3O3. The highest BCUT2D eigenvalue weighted by molar-refractivity contribution is 14.1. The molecule has 0 fully saturated rings. The number of hydrogen-bond acceptors (Lipinski definition) is 5. The third-order valence-corrected chi connectivity index (χ3v) is 4.91. The molecular weight excluding hydrogens is 464 g/mol. The van der Waals surface area contributed by atoms with E-state index in [0.717, 1.165) is 20.0 Å². The predicted octanol–water partition coefficient (Wildman–Crippen LogP) is 5.05. The summed E-state index contributed by atoms with van der Waals surface area (Å²) in [5.41, 5.74) is 2.43. The lowest BCUT2D eigenvalue weighted by Crippen LogP contribution is -2.12. The van der Waals surface area contributed by atoms with Crippen LogP contribution in [0.2, 0.25) is 0 Å². The minimum absolute atomic E-state index is 0.198. The molecule has 0 aliphatic rings. The molecule has 4 aromatic rings. The molecule has 0 aliphatic carbocycles. The molecule has 0 bridgehead atoms. The minimum Gasteiger partial charge on any atom is -0.463 e. The van der Waals surface area contributed by atoms with Gasteiger partial charge in [0.15, 0.2) is 5.58 Å². The zero-order chi connectivity index (χ0) is 19.1. The van der Waals surface area contributed by atoms with Crippen molar-refractivity contribution in [2.24, 2.45) is 0 Å². The van der Waals surface area contributed by atoms with Crippen molar-refractivity contribution < 1.29 is 18.3 Å². The number of aromatic nitrogens is 2. The summed E-state index contributed by atoms with van der Waals surface area (Å²) in [6, 6.07) is 4.80. The van der Waals surface area contributed by atoms with E-state index in [1.807, 2.05) is 29.5 Å². The summed E-state index contributed by atoms with van der Waals surface area (Å²) < 4.78 is 27.8. The van der Waals surface area contributed by atoms with Crippen LogP contribution in [0.5, 0.6) is 0 Å². The van der Waals surface area contributed by atoms with Crippen LogP contribution in [0.1, 0.15) is 22.8 Å². The van der Waals surface area contributed by atoms with Gasteiger partial charge in [-0.15, -0.1) is 0 Å². The highest BCUT2D eigenvalue weighted by Crippen LogP contribution is 2.36. The van der Waals surface area contributed by atoms with E-state index in [2.05, 4.69) is 10.3 Å². The van der Waals surface area contributed by atoms with E-state index >= 15 is 0 Å². The number of esters is 1. The topological polar surface area (TPSA) is 68.8 Å². The molecule has 0 atom stereocenters. The van der Waals surface area contributed by atoms with Crippen molar-refractivity contribution in [3.8, 4) is 0 Å². The van der Waals surface area contributed by atoms with Crippen LogP contribution in [0, 0.1) is 16.3 Å². The lowest BCUT2D eigenvalue weighted by molar-refractivity contribution is 0.0528. The van der Waals surface area contributed by atoms with Gasteiger partial charge < -0.3 is 14.5 Å². The lowest BCUT2D eigenvalue weighted by atomic mass is 10.1. The first-order valence-electron chi connectivity index (χ1n) is 8.26. The minimum atomic E-state index is -0.555. The first kappa shape index (κ1) is 17.8. The molecule has 8 heteroatoms. The van der Waals surface area contributed by atoms with Gasteiger partial charge in [-0.05, 0) is 60.2 Å². The predicted molar refractivity (Wildman–Crippen MR) is 108 cm³/mol. The van der Waals surface area contributed by atoms with Crippen LogP contribution in [-0.4, -0.2) is 22.0 Å². The van der Waals surface area contributed by atoms with Crippen LogP contribution in [-0.2, 0) is 4.74 Å². The third-order valence-electron chi connectivity index (χ3n) is 4.24. The SMILES string of the molecule is CCOC(=O)c1c(Nc2ccc(I)cc2F)n2cncc2c2c(C)coc12. The van der Waals surface area contributed by atoms with E-state index in [1.165, 1.54) is 6.07 Å². The summed E-state index contributed by atoms with van der Waals surface area (Å²) >= 11 is 2.04. The quantitative estimate of drug-likeness (QED) is 0.328. The number of rotatable bonds is 4. The molecule has 4 rings (SSSR count). The Hall–Kier alpha value is -2.62.